The molecule has 1 saturated carbocycles. The number of ether oxygens (including phenoxy) is 1. The van der Waals surface area contributed by atoms with Crippen molar-refractivity contribution in [3.05, 3.63) is 12.7 Å². The highest BCUT2D eigenvalue weighted by Crippen LogP contribution is 2.43. The van der Waals surface area contributed by atoms with Gasteiger partial charge in [-0.1, -0.05) is 6.08 Å². The lowest BCUT2D eigenvalue weighted by atomic mass is 10.2. The summed E-state index contributed by atoms with van der Waals surface area (Å²) >= 11 is 0. The van der Waals surface area contributed by atoms with E-state index >= 15 is 0 Å². The third-order valence-corrected chi connectivity index (χ3v) is 1.93. The highest BCUT2D eigenvalue weighted by Gasteiger charge is 2.45. The number of nitrogens with two attached hydrogens (primary N) is 1. The lowest BCUT2D eigenvalue weighted by molar-refractivity contribution is 0.0859. The van der Waals surface area contributed by atoms with Gasteiger partial charge >= 0.3 is 6.09 Å². The van der Waals surface area contributed by atoms with E-state index in [0.717, 1.165) is 25.7 Å². The highest BCUT2D eigenvalue weighted by molar-refractivity contribution is 5.65. The summed E-state index contributed by atoms with van der Waals surface area (Å²) in [7, 11) is 0. The molecule has 0 bridgehead atoms. The first-order chi connectivity index (χ1) is 5.18. The van der Waals surface area contributed by atoms with Gasteiger partial charge in [-0.25, -0.2) is 4.79 Å². The van der Waals surface area contributed by atoms with Crippen LogP contribution in [0.3, 0.4) is 0 Å². The quantitative estimate of drug-likeness (QED) is 0.626. The molecule has 3 nitrogen and oxygen atoms in total. The predicted octanol–water partition coefficient (Wildman–Crippen LogP) is 1.58. The fourth-order valence-corrected chi connectivity index (χ4v) is 1.12. The van der Waals surface area contributed by atoms with Crippen LogP contribution >= 0.6 is 0 Å². The molecule has 0 aliphatic heterocycles. The van der Waals surface area contributed by atoms with Gasteiger partial charge in [0.15, 0.2) is 0 Å². The largest absolute Gasteiger partial charge is 0.443 e. The van der Waals surface area contributed by atoms with E-state index in [2.05, 4.69) is 6.58 Å². The summed E-state index contributed by atoms with van der Waals surface area (Å²) in [6, 6.07) is 0. The van der Waals surface area contributed by atoms with Gasteiger partial charge in [-0.3, -0.25) is 0 Å². The number of carbonyl (C=O) groups is 1. The fourth-order valence-electron chi connectivity index (χ4n) is 1.12. The first-order valence-electron chi connectivity index (χ1n) is 3.78. The number of carbonyl (C=O) groups excluding carboxylic acids is 1. The zero-order chi connectivity index (χ0) is 8.32. The van der Waals surface area contributed by atoms with E-state index in [4.69, 9.17) is 10.5 Å². The summed E-state index contributed by atoms with van der Waals surface area (Å²) in [5.41, 5.74) is 4.68. The second-order valence-corrected chi connectivity index (χ2v) is 2.93. The van der Waals surface area contributed by atoms with Crippen LogP contribution in [0.25, 0.3) is 0 Å². The molecular formula is C8H13NO2. The lowest BCUT2D eigenvalue weighted by Crippen LogP contribution is -2.23. The van der Waals surface area contributed by atoms with E-state index < -0.39 is 6.09 Å². The van der Waals surface area contributed by atoms with Crippen molar-refractivity contribution in [2.24, 2.45) is 5.73 Å². The van der Waals surface area contributed by atoms with E-state index in [1.807, 2.05) is 6.08 Å². The normalized spacial score (nSPS) is 18.9. The van der Waals surface area contributed by atoms with Crippen molar-refractivity contribution in [2.75, 3.05) is 0 Å². The Morgan fingerprint density at radius 3 is 2.73 bits per heavy atom. The maximum atomic E-state index is 10.4. The summed E-state index contributed by atoms with van der Waals surface area (Å²) in [4.78, 5) is 10.4. The molecule has 0 heterocycles. The van der Waals surface area contributed by atoms with Crippen LogP contribution in [0.2, 0.25) is 0 Å². The van der Waals surface area contributed by atoms with Crippen LogP contribution in [0.5, 0.6) is 0 Å². The second-order valence-electron chi connectivity index (χ2n) is 2.93. The maximum absolute atomic E-state index is 10.4. The summed E-state index contributed by atoms with van der Waals surface area (Å²) in [6.45, 7) is 3.60. The van der Waals surface area contributed by atoms with Crippen molar-refractivity contribution in [1.82, 2.24) is 0 Å². The Balaban J connectivity index is 2.28. The molecule has 0 saturated heterocycles. The minimum atomic E-state index is -0.661. The standard InChI is InChI=1S/C8H13NO2/c1-2-3-4-8(5-6-8)11-7(9)10/h2H,1,3-6H2,(H2,9,10). The maximum Gasteiger partial charge on any atom is 0.405 e. The average molecular weight is 155 g/mol. The Labute approximate surface area is 66.2 Å². The van der Waals surface area contributed by atoms with Crippen molar-refractivity contribution < 1.29 is 9.53 Å². The first kappa shape index (κ1) is 8.11. The molecule has 1 aliphatic rings. The molecule has 1 aliphatic carbocycles. The zero-order valence-electron chi connectivity index (χ0n) is 6.51. The molecule has 0 aromatic heterocycles. The van der Waals surface area contributed by atoms with E-state index in [-0.39, 0.29) is 5.60 Å². The van der Waals surface area contributed by atoms with Crippen molar-refractivity contribution in [2.45, 2.75) is 31.3 Å². The van der Waals surface area contributed by atoms with Gasteiger partial charge in [0.1, 0.15) is 5.60 Å². The molecule has 2 N–H and O–H groups in total. The molecule has 1 amide bonds. The smallest absolute Gasteiger partial charge is 0.405 e. The van der Waals surface area contributed by atoms with Gasteiger partial charge in [-0.05, 0) is 25.7 Å². The fraction of sp³-hybridized carbons (Fsp3) is 0.625. The van der Waals surface area contributed by atoms with Crippen LogP contribution in [0.15, 0.2) is 12.7 Å². The van der Waals surface area contributed by atoms with Gasteiger partial charge in [0.25, 0.3) is 0 Å². The number of primary amides is 1. The van der Waals surface area contributed by atoms with Crippen molar-refractivity contribution >= 4 is 6.09 Å². The molecular weight excluding hydrogens is 142 g/mol. The molecule has 3 heteroatoms. The number of allylic oxidation sites excluding steroid dienone is 1. The summed E-state index contributed by atoms with van der Waals surface area (Å²) in [5, 5.41) is 0. The molecule has 62 valence electrons. The molecule has 0 aromatic carbocycles. The van der Waals surface area contributed by atoms with Gasteiger partial charge in [0.2, 0.25) is 0 Å². The monoisotopic (exact) mass is 155 g/mol. The molecule has 0 aromatic rings. The zero-order valence-corrected chi connectivity index (χ0v) is 6.51. The van der Waals surface area contributed by atoms with E-state index in [9.17, 15) is 4.79 Å². The number of hydrogen-bond acceptors (Lipinski definition) is 2. The molecule has 0 unspecified atom stereocenters. The minimum Gasteiger partial charge on any atom is -0.443 e. The van der Waals surface area contributed by atoms with Crippen molar-refractivity contribution in [3.8, 4) is 0 Å². The number of hydrogen-bond donors (Lipinski definition) is 1. The van der Waals surface area contributed by atoms with Crippen LogP contribution in [-0.4, -0.2) is 11.7 Å². The Kier molecular flexibility index (Phi) is 2.17. The minimum absolute atomic E-state index is 0.222. The molecule has 11 heavy (non-hydrogen) atoms. The summed E-state index contributed by atoms with van der Waals surface area (Å²) < 4.78 is 4.94. The van der Waals surface area contributed by atoms with Crippen LogP contribution in [-0.2, 0) is 4.74 Å². The molecule has 0 radical (unpaired) electrons. The topological polar surface area (TPSA) is 52.3 Å². The Hall–Kier alpha value is -0.990. The summed E-state index contributed by atoms with van der Waals surface area (Å²) in [5.74, 6) is 0. The van der Waals surface area contributed by atoms with Crippen LogP contribution in [0.1, 0.15) is 25.7 Å². The SMILES string of the molecule is C=CCCC1(OC(N)=O)CC1. The first-order valence-corrected chi connectivity index (χ1v) is 3.78. The van der Waals surface area contributed by atoms with Crippen LogP contribution in [0.4, 0.5) is 4.79 Å². The van der Waals surface area contributed by atoms with E-state index in [1.54, 1.807) is 0 Å². The van der Waals surface area contributed by atoms with Gasteiger partial charge in [-0.15, -0.1) is 6.58 Å². The van der Waals surface area contributed by atoms with Gasteiger partial charge in [0.05, 0.1) is 0 Å². The van der Waals surface area contributed by atoms with Crippen LogP contribution in [0, 0.1) is 0 Å². The molecule has 1 rings (SSSR count). The van der Waals surface area contributed by atoms with Crippen molar-refractivity contribution in [3.63, 3.8) is 0 Å². The Bertz CT molecular complexity index is 173. The molecule has 1 fully saturated rings. The lowest BCUT2D eigenvalue weighted by Gasteiger charge is -2.12. The number of amides is 1. The number of rotatable bonds is 4. The second kappa shape index (κ2) is 2.95. The van der Waals surface area contributed by atoms with Gasteiger partial charge in [-0.2, -0.15) is 0 Å². The van der Waals surface area contributed by atoms with Gasteiger partial charge in [0, 0.05) is 0 Å². The Morgan fingerprint density at radius 1 is 1.73 bits per heavy atom. The van der Waals surface area contributed by atoms with E-state index in [1.165, 1.54) is 0 Å². The van der Waals surface area contributed by atoms with E-state index in [0.29, 0.717) is 0 Å². The predicted molar refractivity (Wildman–Crippen MR) is 42.1 cm³/mol. The molecule has 0 atom stereocenters. The third kappa shape index (κ3) is 2.26. The highest BCUT2D eigenvalue weighted by atomic mass is 16.6. The average Bonchev–Trinajstić information content (AvgIpc) is 2.64. The summed E-state index contributed by atoms with van der Waals surface area (Å²) in [6.07, 6.45) is 4.80. The Morgan fingerprint density at radius 2 is 2.36 bits per heavy atom. The van der Waals surface area contributed by atoms with Gasteiger partial charge < -0.3 is 10.5 Å². The van der Waals surface area contributed by atoms with Crippen LogP contribution < -0.4 is 5.73 Å². The van der Waals surface area contributed by atoms with Crippen molar-refractivity contribution in [1.29, 1.82) is 0 Å². The molecule has 0 spiro atoms. The third-order valence-electron chi connectivity index (χ3n) is 1.93.